The summed E-state index contributed by atoms with van der Waals surface area (Å²) in [5.74, 6) is 1.86. The summed E-state index contributed by atoms with van der Waals surface area (Å²) in [4.78, 5) is 2.70. The van der Waals surface area contributed by atoms with E-state index in [1.165, 1.54) is 35.6 Å². The van der Waals surface area contributed by atoms with Gasteiger partial charge in [0.2, 0.25) is 0 Å². The summed E-state index contributed by atoms with van der Waals surface area (Å²) in [6, 6.07) is 13.7. The van der Waals surface area contributed by atoms with E-state index in [4.69, 9.17) is 4.74 Å². The predicted octanol–water partition coefficient (Wildman–Crippen LogP) is 3.98. The zero-order valence-corrected chi connectivity index (χ0v) is 14.6. The van der Waals surface area contributed by atoms with E-state index < -0.39 is 0 Å². The van der Waals surface area contributed by atoms with Crippen molar-refractivity contribution < 1.29 is 4.74 Å². The number of fused-ring (bicyclic) bond motifs is 1. The molecule has 2 fully saturated rings. The maximum absolute atomic E-state index is 6.09. The Kier molecular flexibility index (Phi) is 4.72. The quantitative estimate of drug-likeness (QED) is 0.900. The molecule has 0 aromatic heterocycles. The molecule has 1 heterocycles. The maximum atomic E-state index is 6.09. The van der Waals surface area contributed by atoms with E-state index in [0.29, 0.717) is 6.04 Å². The van der Waals surface area contributed by atoms with Gasteiger partial charge in [0, 0.05) is 37.8 Å². The summed E-state index contributed by atoms with van der Waals surface area (Å²) in [5, 5.41) is 6.20. The SMILES string of the molecule is CCOc1ccc2ccccc2c1[C@@H](C1CCC1)N1CCNCC1. The zero-order chi connectivity index (χ0) is 16.4. The first kappa shape index (κ1) is 15.9. The van der Waals surface area contributed by atoms with Crippen molar-refractivity contribution in [3.05, 3.63) is 42.0 Å². The Bertz CT molecular complexity index is 689. The molecule has 1 aliphatic heterocycles. The van der Waals surface area contributed by atoms with Gasteiger partial charge in [-0.3, -0.25) is 4.90 Å². The molecule has 0 unspecified atom stereocenters. The Morgan fingerprint density at radius 2 is 1.92 bits per heavy atom. The highest BCUT2D eigenvalue weighted by molar-refractivity contribution is 5.88. The summed E-state index contributed by atoms with van der Waals surface area (Å²) >= 11 is 0. The summed E-state index contributed by atoms with van der Waals surface area (Å²) in [5.41, 5.74) is 1.43. The smallest absolute Gasteiger partial charge is 0.124 e. The lowest BCUT2D eigenvalue weighted by atomic mass is 9.75. The first-order chi connectivity index (χ1) is 11.9. The monoisotopic (exact) mass is 324 g/mol. The highest BCUT2D eigenvalue weighted by atomic mass is 16.5. The van der Waals surface area contributed by atoms with Crippen molar-refractivity contribution in [2.45, 2.75) is 32.2 Å². The van der Waals surface area contributed by atoms with Gasteiger partial charge in [0.15, 0.2) is 0 Å². The highest BCUT2D eigenvalue weighted by Crippen LogP contribution is 2.46. The lowest BCUT2D eigenvalue weighted by Gasteiger charge is -2.44. The van der Waals surface area contributed by atoms with Gasteiger partial charge in [-0.1, -0.05) is 36.8 Å². The summed E-state index contributed by atoms with van der Waals surface area (Å²) in [7, 11) is 0. The summed E-state index contributed by atoms with van der Waals surface area (Å²) < 4.78 is 6.09. The van der Waals surface area contributed by atoms with Crippen molar-refractivity contribution >= 4 is 10.8 Å². The number of benzene rings is 2. The molecular weight excluding hydrogens is 296 g/mol. The maximum Gasteiger partial charge on any atom is 0.124 e. The number of ether oxygens (including phenoxy) is 1. The first-order valence-corrected chi connectivity index (χ1v) is 9.47. The lowest BCUT2D eigenvalue weighted by Crippen LogP contribution is -2.48. The molecule has 2 aromatic rings. The molecule has 1 N–H and O–H groups in total. The topological polar surface area (TPSA) is 24.5 Å². The minimum absolute atomic E-state index is 0.494. The molecule has 1 aliphatic carbocycles. The fraction of sp³-hybridized carbons (Fsp3) is 0.524. The molecule has 4 rings (SSSR count). The van der Waals surface area contributed by atoms with E-state index in [0.717, 1.165) is 44.5 Å². The average molecular weight is 324 g/mol. The van der Waals surface area contributed by atoms with Crippen LogP contribution in [0.3, 0.4) is 0 Å². The van der Waals surface area contributed by atoms with Crippen LogP contribution in [0, 0.1) is 5.92 Å². The third-order valence-electron chi connectivity index (χ3n) is 5.67. The van der Waals surface area contributed by atoms with Gasteiger partial charge < -0.3 is 10.1 Å². The van der Waals surface area contributed by atoms with Crippen molar-refractivity contribution in [3.63, 3.8) is 0 Å². The largest absolute Gasteiger partial charge is 0.494 e. The molecule has 128 valence electrons. The molecule has 1 saturated carbocycles. The van der Waals surface area contributed by atoms with Gasteiger partial charge in [0.1, 0.15) is 5.75 Å². The highest BCUT2D eigenvalue weighted by Gasteiger charge is 2.36. The Morgan fingerprint density at radius 3 is 2.62 bits per heavy atom. The van der Waals surface area contributed by atoms with Gasteiger partial charge in [0.25, 0.3) is 0 Å². The van der Waals surface area contributed by atoms with E-state index in [9.17, 15) is 0 Å². The van der Waals surface area contributed by atoms with Gasteiger partial charge in [-0.2, -0.15) is 0 Å². The van der Waals surface area contributed by atoms with Gasteiger partial charge in [-0.15, -0.1) is 0 Å². The van der Waals surface area contributed by atoms with Crippen molar-refractivity contribution in [1.82, 2.24) is 10.2 Å². The second kappa shape index (κ2) is 7.12. The molecule has 0 bridgehead atoms. The molecule has 0 amide bonds. The minimum atomic E-state index is 0.494. The summed E-state index contributed by atoms with van der Waals surface area (Å²) in [6.07, 6.45) is 4.08. The van der Waals surface area contributed by atoms with Crippen LogP contribution in [0.2, 0.25) is 0 Å². The second-order valence-electron chi connectivity index (χ2n) is 7.05. The average Bonchev–Trinajstić information content (AvgIpc) is 2.59. The second-order valence-corrected chi connectivity index (χ2v) is 7.05. The molecule has 1 atom stereocenters. The van der Waals surface area contributed by atoms with Crippen molar-refractivity contribution in [3.8, 4) is 5.75 Å². The molecule has 24 heavy (non-hydrogen) atoms. The van der Waals surface area contributed by atoms with E-state index >= 15 is 0 Å². The lowest BCUT2D eigenvalue weighted by molar-refractivity contribution is 0.0824. The van der Waals surface area contributed by atoms with Gasteiger partial charge in [-0.05, 0) is 42.5 Å². The van der Waals surface area contributed by atoms with Crippen LogP contribution in [-0.2, 0) is 0 Å². The zero-order valence-electron chi connectivity index (χ0n) is 14.6. The van der Waals surface area contributed by atoms with E-state index in [1.54, 1.807) is 0 Å². The minimum Gasteiger partial charge on any atom is -0.494 e. The Morgan fingerprint density at radius 1 is 1.12 bits per heavy atom. The fourth-order valence-corrected chi connectivity index (χ4v) is 4.29. The number of nitrogens with one attached hydrogen (secondary N) is 1. The number of hydrogen-bond donors (Lipinski definition) is 1. The Hall–Kier alpha value is -1.58. The number of hydrogen-bond acceptors (Lipinski definition) is 3. The van der Waals surface area contributed by atoms with Gasteiger partial charge in [0.05, 0.1) is 6.61 Å². The van der Waals surface area contributed by atoms with Crippen LogP contribution in [0.5, 0.6) is 5.75 Å². The van der Waals surface area contributed by atoms with Crippen LogP contribution in [-0.4, -0.2) is 37.7 Å². The van der Waals surface area contributed by atoms with Crippen LogP contribution in [0.25, 0.3) is 10.8 Å². The molecule has 0 radical (unpaired) electrons. The molecule has 3 nitrogen and oxygen atoms in total. The van der Waals surface area contributed by atoms with Gasteiger partial charge in [-0.25, -0.2) is 0 Å². The number of rotatable bonds is 5. The summed E-state index contributed by atoms with van der Waals surface area (Å²) in [6.45, 7) is 7.27. The molecular formula is C21H28N2O. The Labute approximate surface area is 145 Å². The normalized spacial score (nSPS) is 20.7. The van der Waals surface area contributed by atoms with Crippen LogP contribution >= 0.6 is 0 Å². The van der Waals surface area contributed by atoms with E-state index in [-0.39, 0.29) is 0 Å². The van der Waals surface area contributed by atoms with Crippen molar-refractivity contribution in [2.24, 2.45) is 5.92 Å². The van der Waals surface area contributed by atoms with Crippen LogP contribution in [0.1, 0.15) is 37.8 Å². The standard InChI is InChI=1S/C21H28N2O/c1-2-24-19-11-10-16-6-3-4-9-18(16)20(19)21(17-7-5-8-17)23-14-12-22-13-15-23/h3-4,6,9-11,17,21-22H,2,5,7-8,12-15H2,1H3/t21-/m1/s1. The van der Waals surface area contributed by atoms with E-state index in [2.05, 4.69) is 53.5 Å². The third kappa shape index (κ3) is 2.91. The predicted molar refractivity (Wildman–Crippen MR) is 99.6 cm³/mol. The van der Waals surface area contributed by atoms with Crippen LogP contribution < -0.4 is 10.1 Å². The van der Waals surface area contributed by atoms with Crippen molar-refractivity contribution in [1.29, 1.82) is 0 Å². The fourth-order valence-electron chi connectivity index (χ4n) is 4.29. The molecule has 2 aliphatic rings. The first-order valence-electron chi connectivity index (χ1n) is 9.47. The molecule has 0 spiro atoms. The van der Waals surface area contributed by atoms with E-state index in [1.807, 2.05) is 0 Å². The van der Waals surface area contributed by atoms with Crippen LogP contribution in [0.15, 0.2) is 36.4 Å². The number of nitrogens with zero attached hydrogens (tertiary/aromatic N) is 1. The molecule has 1 saturated heterocycles. The molecule has 3 heteroatoms. The van der Waals surface area contributed by atoms with Gasteiger partial charge >= 0.3 is 0 Å². The number of piperazine rings is 1. The van der Waals surface area contributed by atoms with Crippen molar-refractivity contribution in [2.75, 3.05) is 32.8 Å². The Balaban J connectivity index is 1.84. The van der Waals surface area contributed by atoms with Crippen LogP contribution in [0.4, 0.5) is 0 Å². The molecule has 2 aromatic carbocycles. The third-order valence-corrected chi connectivity index (χ3v) is 5.67.